The number of amides is 1. The topological polar surface area (TPSA) is 75.7 Å². The van der Waals surface area contributed by atoms with E-state index in [9.17, 15) is 13.2 Å². The zero-order chi connectivity index (χ0) is 24.0. The molecule has 0 saturated carbocycles. The quantitative estimate of drug-likeness (QED) is 0.446. The summed E-state index contributed by atoms with van der Waals surface area (Å²) in [6.45, 7) is 5.76. The predicted molar refractivity (Wildman–Crippen MR) is 132 cm³/mol. The zero-order valence-corrected chi connectivity index (χ0v) is 20.4. The zero-order valence-electron chi connectivity index (χ0n) is 18.8. The van der Waals surface area contributed by atoms with Gasteiger partial charge in [-0.1, -0.05) is 47.0 Å². The van der Waals surface area contributed by atoms with Gasteiger partial charge in [0.2, 0.25) is 5.91 Å². The van der Waals surface area contributed by atoms with Gasteiger partial charge in [0, 0.05) is 5.02 Å². The Morgan fingerprint density at radius 2 is 1.55 bits per heavy atom. The van der Waals surface area contributed by atoms with Gasteiger partial charge in [0.05, 0.1) is 17.1 Å². The highest BCUT2D eigenvalue weighted by Gasteiger charge is 2.28. The highest BCUT2D eigenvalue weighted by molar-refractivity contribution is 7.92. The Bertz CT molecular complexity index is 1210. The number of rotatable bonds is 9. The number of nitrogens with zero attached hydrogens (tertiary/aromatic N) is 1. The van der Waals surface area contributed by atoms with Crippen LogP contribution in [0.3, 0.4) is 0 Å². The monoisotopic (exact) mass is 486 g/mol. The molecule has 0 saturated heterocycles. The Morgan fingerprint density at radius 3 is 2.15 bits per heavy atom. The van der Waals surface area contributed by atoms with Crippen molar-refractivity contribution in [3.05, 3.63) is 88.4 Å². The highest BCUT2D eigenvalue weighted by atomic mass is 35.5. The molecule has 3 aromatic carbocycles. The third kappa shape index (κ3) is 6.49. The van der Waals surface area contributed by atoms with Gasteiger partial charge in [0.25, 0.3) is 10.0 Å². The van der Waals surface area contributed by atoms with E-state index >= 15 is 0 Å². The average molecular weight is 487 g/mol. The van der Waals surface area contributed by atoms with E-state index in [4.69, 9.17) is 16.3 Å². The summed E-state index contributed by atoms with van der Waals surface area (Å²) in [5.41, 5.74) is 3.11. The molecule has 0 fully saturated rings. The molecule has 33 heavy (non-hydrogen) atoms. The minimum atomic E-state index is -3.98. The van der Waals surface area contributed by atoms with Gasteiger partial charge in [-0.15, -0.1) is 0 Å². The van der Waals surface area contributed by atoms with Crippen LogP contribution in [0.1, 0.15) is 16.7 Å². The maximum Gasteiger partial charge on any atom is 0.264 e. The van der Waals surface area contributed by atoms with Crippen LogP contribution in [0.2, 0.25) is 5.02 Å². The van der Waals surface area contributed by atoms with Crippen LogP contribution in [0.4, 0.5) is 5.69 Å². The fourth-order valence-corrected chi connectivity index (χ4v) is 4.93. The smallest absolute Gasteiger partial charge is 0.264 e. The van der Waals surface area contributed by atoms with E-state index in [1.807, 2.05) is 38.1 Å². The highest BCUT2D eigenvalue weighted by Crippen LogP contribution is 2.29. The number of benzene rings is 3. The molecule has 1 N–H and O–H groups in total. The van der Waals surface area contributed by atoms with Crippen molar-refractivity contribution in [3.8, 4) is 5.75 Å². The van der Waals surface area contributed by atoms with Crippen molar-refractivity contribution in [2.75, 3.05) is 24.0 Å². The lowest BCUT2D eigenvalue weighted by molar-refractivity contribution is -0.119. The summed E-state index contributed by atoms with van der Waals surface area (Å²) < 4.78 is 33.6. The average Bonchev–Trinajstić information content (AvgIpc) is 2.77. The molecule has 0 radical (unpaired) electrons. The van der Waals surface area contributed by atoms with Crippen LogP contribution in [-0.4, -0.2) is 34.0 Å². The van der Waals surface area contributed by atoms with Crippen molar-refractivity contribution in [1.29, 1.82) is 0 Å². The van der Waals surface area contributed by atoms with Gasteiger partial charge >= 0.3 is 0 Å². The molecule has 3 aromatic rings. The predicted octanol–water partition coefficient (Wildman–Crippen LogP) is 4.66. The minimum Gasteiger partial charge on any atom is -0.492 e. The number of anilines is 1. The van der Waals surface area contributed by atoms with Crippen LogP contribution in [-0.2, 0) is 14.8 Å². The molecular formula is C25H27ClN2O4S. The van der Waals surface area contributed by atoms with Crippen LogP contribution in [0, 0.1) is 20.8 Å². The SMILES string of the molecule is Cc1ccc(OCCNC(=O)CN(c2ccc(Cl)cc2C)S(=O)(=O)c2ccc(C)cc2)cc1. The Hall–Kier alpha value is -3.03. The number of aryl methyl sites for hydroxylation is 3. The molecule has 3 rings (SSSR count). The molecule has 0 aliphatic carbocycles. The number of hydrogen-bond donors (Lipinski definition) is 1. The molecule has 0 aromatic heterocycles. The normalized spacial score (nSPS) is 11.2. The van der Waals surface area contributed by atoms with E-state index in [0.29, 0.717) is 22.0 Å². The fourth-order valence-electron chi connectivity index (χ4n) is 3.22. The molecule has 8 heteroatoms. The van der Waals surface area contributed by atoms with Crippen molar-refractivity contribution in [2.45, 2.75) is 25.7 Å². The Morgan fingerprint density at radius 1 is 0.939 bits per heavy atom. The fraction of sp³-hybridized carbons (Fsp3) is 0.240. The second-order valence-corrected chi connectivity index (χ2v) is 10.1. The standard InChI is InChI=1S/C25H27ClN2O4S/c1-18-4-9-22(10-5-18)32-15-14-27-25(29)17-28(24-13-8-21(26)16-20(24)3)33(30,31)23-11-6-19(2)7-12-23/h4-13,16H,14-15,17H2,1-3H3,(H,27,29). The second-order valence-electron chi connectivity index (χ2n) is 7.77. The largest absolute Gasteiger partial charge is 0.492 e. The number of nitrogens with one attached hydrogen (secondary N) is 1. The number of ether oxygens (including phenoxy) is 1. The van der Waals surface area contributed by atoms with Crippen molar-refractivity contribution in [1.82, 2.24) is 5.32 Å². The number of carbonyl (C=O) groups excluding carboxylic acids is 1. The number of sulfonamides is 1. The van der Waals surface area contributed by atoms with Gasteiger partial charge in [-0.05, 0) is 68.8 Å². The lowest BCUT2D eigenvalue weighted by Crippen LogP contribution is -2.42. The Balaban J connectivity index is 1.74. The van der Waals surface area contributed by atoms with Crippen LogP contribution in [0.5, 0.6) is 5.75 Å². The summed E-state index contributed by atoms with van der Waals surface area (Å²) in [5, 5.41) is 3.22. The summed E-state index contributed by atoms with van der Waals surface area (Å²) in [4.78, 5) is 12.8. The van der Waals surface area contributed by atoms with Gasteiger partial charge in [-0.3, -0.25) is 9.10 Å². The lowest BCUT2D eigenvalue weighted by Gasteiger charge is -2.26. The molecule has 0 aliphatic rings. The van der Waals surface area contributed by atoms with E-state index < -0.39 is 15.9 Å². The van der Waals surface area contributed by atoms with Crippen LogP contribution < -0.4 is 14.4 Å². The summed E-state index contributed by atoms with van der Waals surface area (Å²) in [6.07, 6.45) is 0. The molecule has 1 amide bonds. The lowest BCUT2D eigenvalue weighted by atomic mass is 10.2. The summed E-state index contributed by atoms with van der Waals surface area (Å²) in [6, 6.07) is 19.0. The number of hydrogen-bond acceptors (Lipinski definition) is 4. The van der Waals surface area contributed by atoms with Crippen molar-refractivity contribution >= 4 is 33.2 Å². The van der Waals surface area contributed by atoms with E-state index in [0.717, 1.165) is 15.4 Å². The summed E-state index contributed by atoms with van der Waals surface area (Å²) in [7, 11) is -3.98. The second kappa shape index (κ2) is 10.7. The van der Waals surface area contributed by atoms with Crippen molar-refractivity contribution in [2.24, 2.45) is 0 Å². The van der Waals surface area contributed by atoms with Gasteiger partial charge in [0.1, 0.15) is 18.9 Å². The minimum absolute atomic E-state index is 0.109. The van der Waals surface area contributed by atoms with E-state index in [2.05, 4.69) is 5.32 Å². The maximum absolute atomic E-state index is 13.4. The number of halogens is 1. The third-order valence-corrected chi connectivity index (χ3v) is 7.05. The third-order valence-electron chi connectivity index (χ3n) is 5.04. The molecule has 0 atom stereocenters. The molecule has 0 spiro atoms. The van der Waals surface area contributed by atoms with Crippen LogP contribution >= 0.6 is 11.6 Å². The van der Waals surface area contributed by atoms with E-state index in [1.54, 1.807) is 37.3 Å². The van der Waals surface area contributed by atoms with E-state index in [1.165, 1.54) is 12.1 Å². The van der Waals surface area contributed by atoms with Gasteiger partial charge < -0.3 is 10.1 Å². The molecule has 0 bridgehead atoms. The Kier molecular flexibility index (Phi) is 8.00. The van der Waals surface area contributed by atoms with Crippen molar-refractivity contribution in [3.63, 3.8) is 0 Å². The molecule has 6 nitrogen and oxygen atoms in total. The molecule has 0 aliphatic heterocycles. The van der Waals surface area contributed by atoms with Gasteiger partial charge in [-0.25, -0.2) is 8.42 Å². The van der Waals surface area contributed by atoms with E-state index in [-0.39, 0.29) is 24.6 Å². The molecule has 0 unspecified atom stereocenters. The first-order chi connectivity index (χ1) is 15.7. The summed E-state index contributed by atoms with van der Waals surface area (Å²) in [5.74, 6) is 0.266. The first-order valence-electron chi connectivity index (χ1n) is 10.5. The first-order valence-corrected chi connectivity index (χ1v) is 12.3. The first kappa shape index (κ1) is 24.6. The molecule has 0 heterocycles. The van der Waals surface area contributed by atoms with Crippen LogP contribution in [0.25, 0.3) is 0 Å². The maximum atomic E-state index is 13.4. The Labute approximate surface area is 200 Å². The van der Waals surface area contributed by atoms with Crippen LogP contribution in [0.15, 0.2) is 71.6 Å². The number of carbonyl (C=O) groups is 1. The molecule has 174 valence electrons. The van der Waals surface area contributed by atoms with Gasteiger partial charge in [-0.2, -0.15) is 0 Å². The van der Waals surface area contributed by atoms with Crippen molar-refractivity contribution < 1.29 is 17.9 Å². The van der Waals surface area contributed by atoms with Gasteiger partial charge in [0.15, 0.2) is 0 Å². The molecular weight excluding hydrogens is 460 g/mol. The summed E-state index contributed by atoms with van der Waals surface area (Å²) >= 11 is 6.06.